The molecular formula is C25H23ClFN3O. The van der Waals surface area contributed by atoms with Crippen LogP contribution in [0.5, 0.6) is 0 Å². The van der Waals surface area contributed by atoms with Crippen LogP contribution in [0.1, 0.15) is 26.7 Å². The fourth-order valence-corrected chi connectivity index (χ4v) is 3.34. The number of fused-ring (bicyclic) bond motifs is 1. The number of rotatable bonds is 8. The number of anilines is 1. The number of pyridine rings is 1. The number of halogens is 2. The van der Waals surface area contributed by atoms with Crippen molar-refractivity contribution in [2.75, 3.05) is 5.32 Å². The van der Waals surface area contributed by atoms with Crippen molar-refractivity contribution in [3.63, 3.8) is 0 Å². The van der Waals surface area contributed by atoms with E-state index in [0.717, 1.165) is 34.1 Å². The van der Waals surface area contributed by atoms with Crippen molar-refractivity contribution in [1.82, 2.24) is 4.98 Å². The standard InChI is InChI=1S/C25H23ClFN3O/c1-3-28-13-6-9-22(17(2)12-14-31)29-24-16-25(20-15-18(26)10-11-21(20)27)30-23-8-5-4-7-19(23)24/h3-8,10-11,13-16H,9,12H2,1-2H3,(H,29,30)/b13-6-,22-17-,28-3?. The average Bonchev–Trinajstić information content (AvgIpc) is 2.77. The van der Waals surface area contributed by atoms with Crippen LogP contribution in [0, 0.1) is 5.82 Å². The quantitative estimate of drug-likeness (QED) is 0.307. The Morgan fingerprint density at radius 2 is 2.00 bits per heavy atom. The Morgan fingerprint density at radius 1 is 1.19 bits per heavy atom. The molecule has 3 rings (SSSR count). The van der Waals surface area contributed by atoms with Crippen LogP contribution in [-0.2, 0) is 4.79 Å². The molecule has 1 aromatic heterocycles. The Labute approximate surface area is 186 Å². The van der Waals surface area contributed by atoms with E-state index < -0.39 is 5.82 Å². The molecule has 0 bridgehead atoms. The first-order valence-electron chi connectivity index (χ1n) is 9.90. The second-order valence-corrected chi connectivity index (χ2v) is 7.38. The van der Waals surface area contributed by atoms with Crippen molar-refractivity contribution in [1.29, 1.82) is 0 Å². The molecule has 4 nitrogen and oxygen atoms in total. The lowest BCUT2D eigenvalue weighted by atomic mass is 10.1. The van der Waals surface area contributed by atoms with Gasteiger partial charge in [0, 0.05) is 52.6 Å². The number of hydrogen-bond donors (Lipinski definition) is 1. The first kappa shape index (κ1) is 22.4. The van der Waals surface area contributed by atoms with Crippen LogP contribution < -0.4 is 5.32 Å². The first-order chi connectivity index (χ1) is 15.0. The number of nitrogens with one attached hydrogen (secondary N) is 1. The SMILES string of the molecule is CC=N/C=C\C/C(Nc1cc(-c2cc(Cl)ccc2F)nc2ccccc12)=C(\C)CC=O. The fraction of sp³-hybridized carbons (Fsp3) is 0.160. The molecule has 0 radical (unpaired) electrons. The lowest BCUT2D eigenvalue weighted by molar-refractivity contribution is -0.107. The Hall–Kier alpha value is -3.31. The van der Waals surface area contributed by atoms with Crippen molar-refractivity contribution in [3.05, 3.63) is 82.9 Å². The van der Waals surface area contributed by atoms with E-state index in [2.05, 4.69) is 15.3 Å². The molecule has 6 heteroatoms. The molecule has 3 aromatic rings. The summed E-state index contributed by atoms with van der Waals surface area (Å²) in [5.74, 6) is -0.397. The van der Waals surface area contributed by atoms with Gasteiger partial charge in [0.2, 0.25) is 0 Å². The molecule has 0 amide bonds. The second-order valence-electron chi connectivity index (χ2n) is 6.95. The third-order valence-corrected chi connectivity index (χ3v) is 5.01. The normalized spacial score (nSPS) is 12.5. The number of para-hydroxylation sites is 1. The molecule has 0 saturated carbocycles. The summed E-state index contributed by atoms with van der Waals surface area (Å²) in [7, 11) is 0. The summed E-state index contributed by atoms with van der Waals surface area (Å²) in [4.78, 5) is 19.8. The number of aldehydes is 1. The van der Waals surface area contributed by atoms with Crippen LogP contribution in [0.15, 0.2) is 77.1 Å². The highest BCUT2D eigenvalue weighted by Crippen LogP contribution is 2.32. The van der Waals surface area contributed by atoms with Gasteiger partial charge in [0.15, 0.2) is 0 Å². The predicted molar refractivity (Wildman–Crippen MR) is 127 cm³/mol. The highest BCUT2D eigenvalue weighted by Gasteiger charge is 2.13. The van der Waals surface area contributed by atoms with Crippen LogP contribution >= 0.6 is 11.6 Å². The molecule has 1 heterocycles. The summed E-state index contributed by atoms with van der Waals surface area (Å²) in [5.41, 5.74) is 4.08. The van der Waals surface area contributed by atoms with E-state index in [1.807, 2.05) is 44.2 Å². The van der Waals surface area contributed by atoms with Gasteiger partial charge >= 0.3 is 0 Å². The lowest BCUT2D eigenvalue weighted by Crippen LogP contribution is -2.04. The van der Waals surface area contributed by atoms with Gasteiger partial charge in [0.1, 0.15) is 12.1 Å². The Morgan fingerprint density at radius 3 is 2.77 bits per heavy atom. The Bertz CT molecular complexity index is 1180. The number of nitrogens with zero attached hydrogens (tertiary/aromatic N) is 2. The van der Waals surface area contributed by atoms with E-state index in [1.165, 1.54) is 12.1 Å². The van der Waals surface area contributed by atoms with E-state index in [0.29, 0.717) is 29.1 Å². The molecule has 0 spiro atoms. The summed E-state index contributed by atoms with van der Waals surface area (Å²) in [5, 5.41) is 4.77. The van der Waals surface area contributed by atoms with Gasteiger partial charge in [-0.1, -0.05) is 35.9 Å². The van der Waals surface area contributed by atoms with Crippen LogP contribution in [0.25, 0.3) is 22.2 Å². The zero-order valence-corrected chi connectivity index (χ0v) is 18.2. The number of carbonyl (C=O) groups is 1. The number of allylic oxidation sites excluding steroid dienone is 2. The number of aliphatic imine (C=N–C) groups is 1. The maximum Gasteiger partial charge on any atom is 0.132 e. The molecule has 158 valence electrons. The highest BCUT2D eigenvalue weighted by atomic mass is 35.5. The fourth-order valence-electron chi connectivity index (χ4n) is 3.17. The number of benzene rings is 2. The van der Waals surface area contributed by atoms with Gasteiger partial charge in [-0.3, -0.25) is 4.99 Å². The first-order valence-corrected chi connectivity index (χ1v) is 10.3. The minimum absolute atomic E-state index is 0.312. The third kappa shape index (κ3) is 5.64. The molecule has 31 heavy (non-hydrogen) atoms. The second kappa shape index (κ2) is 10.6. The summed E-state index contributed by atoms with van der Waals surface area (Å²) in [6.07, 6.45) is 7.08. The van der Waals surface area contributed by atoms with Gasteiger partial charge in [-0.05, 0) is 49.8 Å². The Balaban J connectivity index is 2.11. The monoisotopic (exact) mass is 435 g/mol. The van der Waals surface area contributed by atoms with E-state index >= 15 is 0 Å². The van der Waals surface area contributed by atoms with E-state index in [4.69, 9.17) is 11.6 Å². The molecule has 0 saturated heterocycles. The number of carbonyl (C=O) groups excluding carboxylic acids is 1. The number of hydrogen-bond acceptors (Lipinski definition) is 4. The van der Waals surface area contributed by atoms with Crippen LogP contribution in [0.3, 0.4) is 0 Å². The predicted octanol–water partition coefficient (Wildman–Crippen LogP) is 6.96. The van der Waals surface area contributed by atoms with Crippen molar-refractivity contribution < 1.29 is 9.18 Å². The van der Waals surface area contributed by atoms with E-state index in [-0.39, 0.29) is 0 Å². The summed E-state index contributed by atoms with van der Waals surface area (Å²) in [6.45, 7) is 3.76. The summed E-state index contributed by atoms with van der Waals surface area (Å²) < 4.78 is 14.5. The largest absolute Gasteiger partial charge is 0.358 e. The van der Waals surface area contributed by atoms with Gasteiger partial charge < -0.3 is 10.1 Å². The maximum absolute atomic E-state index is 14.5. The van der Waals surface area contributed by atoms with Crippen molar-refractivity contribution in [2.24, 2.45) is 4.99 Å². The number of aromatic nitrogens is 1. The summed E-state index contributed by atoms with van der Waals surface area (Å²) >= 11 is 6.10. The molecule has 0 aliphatic heterocycles. The molecule has 0 aliphatic carbocycles. The Kier molecular flexibility index (Phi) is 7.68. The topological polar surface area (TPSA) is 54.4 Å². The van der Waals surface area contributed by atoms with Gasteiger partial charge in [-0.2, -0.15) is 0 Å². The van der Waals surface area contributed by atoms with E-state index in [1.54, 1.807) is 24.5 Å². The highest BCUT2D eigenvalue weighted by molar-refractivity contribution is 6.30. The molecule has 0 fully saturated rings. The summed E-state index contributed by atoms with van der Waals surface area (Å²) in [6, 6.07) is 13.9. The van der Waals surface area contributed by atoms with Crippen LogP contribution in [0.2, 0.25) is 5.02 Å². The third-order valence-electron chi connectivity index (χ3n) is 4.77. The van der Waals surface area contributed by atoms with Gasteiger partial charge in [0.25, 0.3) is 0 Å². The van der Waals surface area contributed by atoms with Gasteiger partial charge in [0.05, 0.1) is 11.2 Å². The van der Waals surface area contributed by atoms with Crippen molar-refractivity contribution >= 4 is 40.7 Å². The van der Waals surface area contributed by atoms with Crippen LogP contribution in [-0.4, -0.2) is 17.5 Å². The zero-order valence-electron chi connectivity index (χ0n) is 17.4. The molecular weight excluding hydrogens is 413 g/mol. The minimum atomic E-state index is -0.397. The maximum atomic E-state index is 14.5. The lowest BCUT2D eigenvalue weighted by Gasteiger charge is -2.16. The van der Waals surface area contributed by atoms with Crippen LogP contribution in [0.4, 0.5) is 10.1 Å². The molecule has 0 aliphatic rings. The minimum Gasteiger partial charge on any atom is -0.358 e. The van der Waals surface area contributed by atoms with E-state index in [9.17, 15) is 9.18 Å². The average molecular weight is 436 g/mol. The molecule has 0 unspecified atom stereocenters. The van der Waals surface area contributed by atoms with Crippen molar-refractivity contribution in [3.8, 4) is 11.3 Å². The van der Waals surface area contributed by atoms with Gasteiger partial charge in [-0.25, -0.2) is 9.37 Å². The molecule has 0 atom stereocenters. The smallest absolute Gasteiger partial charge is 0.132 e. The molecule has 1 N–H and O–H groups in total. The van der Waals surface area contributed by atoms with Crippen molar-refractivity contribution in [2.45, 2.75) is 26.7 Å². The van der Waals surface area contributed by atoms with Gasteiger partial charge in [-0.15, -0.1) is 0 Å². The molecule has 2 aromatic carbocycles. The zero-order chi connectivity index (χ0) is 22.2.